The summed E-state index contributed by atoms with van der Waals surface area (Å²) < 4.78 is 2.01. The molecule has 166 valence electrons. The van der Waals surface area contributed by atoms with Crippen LogP contribution in [-0.4, -0.2) is 27.9 Å². The maximum Gasteiger partial charge on any atom is 0.262 e. The van der Waals surface area contributed by atoms with Gasteiger partial charge in [-0.05, 0) is 67.9 Å². The zero-order valence-electron chi connectivity index (χ0n) is 17.8. The fourth-order valence-corrected chi connectivity index (χ4v) is 4.29. The van der Waals surface area contributed by atoms with E-state index >= 15 is 0 Å². The number of carbonyl (C=O) groups is 2. The monoisotopic (exact) mass is 450 g/mol. The number of rotatable bonds is 8. The second-order valence-electron chi connectivity index (χ2n) is 7.99. The third kappa shape index (κ3) is 4.96. The third-order valence-corrected chi connectivity index (χ3v) is 6.03. The number of aromatic amines is 1. The van der Waals surface area contributed by atoms with Crippen molar-refractivity contribution in [1.82, 2.24) is 9.55 Å². The lowest BCUT2D eigenvalue weighted by atomic mass is 10.1. The Balaban J connectivity index is 1.23. The van der Waals surface area contributed by atoms with Crippen LogP contribution >= 0.6 is 12.2 Å². The first-order valence-electron chi connectivity index (χ1n) is 10.9. The Morgan fingerprint density at radius 1 is 1.03 bits per heavy atom. The number of unbranched alkanes of at least 4 members (excludes halogenated alkanes) is 2. The summed E-state index contributed by atoms with van der Waals surface area (Å²) in [5.74, 6) is 0.101. The molecular formula is C24H26N4O3S. The molecule has 1 aliphatic rings. The van der Waals surface area contributed by atoms with Crippen molar-refractivity contribution in [2.75, 3.05) is 16.8 Å². The highest BCUT2D eigenvalue weighted by atomic mass is 32.1. The summed E-state index contributed by atoms with van der Waals surface area (Å²) in [5.41, 5.74) is 2.25. The standard InChI is InChI=1S/C24H26N4O3S/c29-21(25-17-11-13-18(14-12-17)27-16-6-10-22(27)30)9-2-1-5-15-28-23(31)19-7-3-4-8-20(19)26-24(28)32/h3-4,7-8,11-14H,1-2,5-6,9-10,15-16H2,(H,25,29)(H,26,32). The summed E-state index contributed by atoms with van der Waals surface area (Å²) in [6.07, 6.45) is 4.20. The second kappa shape index (κ2) is 9.91. The molecule has 2 aromatic carbocycles. The van der Waals surface area contributed by atoms with E-state index in [2.05, 4.69) is 10.3 Å². The first-order chi connectivity index (χ1) is 15.5. The van der Waals surface area contributed by atoms with E-state index in [1.54, 1.807) is 15.5 Å². The molecule has 0 atom stereocenters. The number of amides is 2. The van der Waals surface area contributed by atoms with Crippen LogP contribution in [0.5, 0.6) is 0 Å². The van der Waals surface area contributed by atoms with Gasteiger partial charge in [-0.1, -0.05) is 18.6 Å². The van der Waals surface area contributed by atoms with Gasteiger partial charge < -0.3 is 15.2 Å². The number of anilines is 2. The molecule has 32 heavy (non-hydrogen) atoms. The van der Waals surface area contributed by atoms with Crippen molar-refractivity contribution in [3.63, 3.8) is 0 Å². The van der Waals surface area contributed by atoms with Gasteiger partial charge >= 0.3 is 0 Å². The van der Waals surface area contributed by atoms with Gasteiger partial charge in [0, 0.05) is 37.3 Å². The van der Waals surface area contributed by atoms with E-state index in [0.717, 1.165) is 49.1 Å². The number of para-hydroxylation sites is 1. The summed E-state index contributed by atoms with van der Waals surface area (Å²) in [7, 11) is 0. The Bertz CT molecular complexity index is 1250. The number of aromatic nitrogens is 2. The fourth-order valence-electron chi connectivity index (χ4n) is 4.00. The molecule has 2 heterocycles. The molecular weight excluding hydrogens is 424 g/mol. The van der Waals surface area contributed by atoms with Crippen LogP contribution in [0.25, 0.3) is 10.9 Å². The molecule has 1 saturated heterocycles. The third-order valence-electron chi connectivity index (χ3n) is 5.71. The van der Waals surface area contributed by atoms with Gasteiger partial charge in [0.25, 0.3) is 5.56 Å². The zero-order chi connectivity index (χ0) is 22.5. The number of hydrogen-bond acceptors (Lipinski definition) is 4. The minimum atomic E-state index is -0.0822. The smallest absolute Gasteiger partial charge is 0.262 e. The molecule has 1 fully saturated rings. The Morgan fingerprint density at radius 2 is 1.81 bits per heavy atom. The summed E-state index contributed by atoms with van der Waals surface area (Å²) in [6, 6.07) is 14.7. The van der Waals surface area contributed by atoms with Gasteiger partial charge in [-0.15, -0.1) is 0 Å². The van der Waals surface area contributed by atoms with Gasteiger partial charge in [0.05, 0.1) is 10.9 Å². The topological polar surface area (TPSA) is 87.2 Å². The van der Waals surface area contributed by atoms with Crippen LogP contribution in [-0.2, 0) is 16.1 Å². The van der Waals surface area contributed by atoms with Crippen molar-refractivity contribution in [2.24, 2.45) is 0 Å². The minimum absolute atomic E-state index is 0.0461. The molecule has 0 radical (unpaired) electrons. The highest BCUT2D eigenvalue weighted by Gasteiger charge is 2.21. The first kappa shape index (κ1) is 22.0. The molecule has 0 unspecified atom stereocenters. The minimum Gasteiger partial charge on any atom is -0.332 e. The van der Waals surface area contributed by atoms with Crippen molar-refractivity contribution in [3.8, 4) is 0 Å². The fraction of sp³-hybridized carbons (Fsp3) is 0.333. The lowest BCUT2D eigenvalue weighted by Gasteiger charge is -2.16. The summed E-state index contributed by atoms with van der Waals surface area (Å²) in [5, 5.41) is 3.52. The van der Waals surface area contributed by atoms with E-state index in [9.17, 15) is 14.4 Å². The zero-order valence-corrected chi connectivity index (χ0v) is 18.6. The van der Waals surface area contributed by atoms with Gasteiger partial charge in [-0.25, -0.2) is 0 Å². The van der Waals surface area contributed by atoms with E-state index in [-0.39, 0.29) is 17.4 Å². The molecule has 3 aromatic rings. The number of nitrogens with zero attached hydrogens (tertiary/aromatic N) is 2. The number of carbonyl (C=O) groups excluding carboxylic acids is 2. The van der Waals surface area contributed by atoms with Crippen LogP contribution in [0.1, 0.15) is 38.5 Å². The van der Waals surface area contributed by atoms with Crippen LogP contribution in [0.2, 0.25) is 0 Å². The Morgan fingerprint density at radius 3 is 2.56 bits per heavy atom. The summed E-state index contributed by atoms with van der Waals surface area (Å²) in [4.78, 5) is 41.6. The predicted octanol–water partition coefficient (Wildman–Crippen LogP) is 4.38. The van der Waals surface area contributed by atoms with Crippen molar-refractivity contribution < 1.29 is 9.59 Å². The van der Waals surface area contributed by atoms with E-state index in [1.807, 2.05) is 42.5 Å². The number of H-pyrrole nitrogens is 1. The van der Waals surface area contributed by atoms with Gasteiger partial charge in [0.2, 0.25) is 11.8 Å². The molecule has 8 heteroatoms. The molecule has 4 rings (SSSR count). The summed E-state index contributed by atoms with van der Waals surface area (Å²) >= 11 is 5.33. The Hall–Kier alpha value is -3.26. The van der Waals surface area contributed by atoms with Crippen LogP contribution in [0, 0.1) is 4.77 Å². The highest BCUT2D eigenvalue weighted by Crippen LogP contribution is 2.23. The van der Waals surface area contributed by atoms with Crippen molar-refractivity contribution in [1.29, 1.82) is 0 Å². The lowest BCUT2D eigenvalue weighted by Crippen LogP contribution is -2.23. The Kier molecular flexibility index (Phi) is 6.80. The molecule has 0 spiro atoms. The molecule has 0 bridgehead atoms. The van der Waals surface area contributed by atoms with Crippen LogP contribution in [0.4, 0.5) is 11.4 Å². The van der Waals surface area contributed by atoms with Gasteiger partial charge in [0.15, 0.2) is 4.77 Å². The molecule has 0 aliphatic carbocycles. The van der Waals surface area contributed by atoms with Crippen molar-refractivity contribution in [2.45, 2.75) is 45.1 Å². The number of hydrogen-bond donors (Lipinski definition) is 2. The molecule has 1 aliphatic heterocycles. The molecule has 7 nitrogen and oxygen atoms in total. The molecule has 1 aromatic heterocycles. The van der Waals surface area contributed by atoms with E-state index in [0.29, 0.717) is 29.5 Å². The average Bonchev–Trinajstić information content (AvgIpc) is 3.22. The second-order valence-corrected chi connectivity index (χ2v) is 8.37. The van der Waals surface area contributed by atoms with E-state index < -0.39 is 0 Å². The van der Waals surface area contributed by atoms with Gasteiger partial charge in [-0.2, -0.15) is 0 Å². The highest BCUT2D eigenvalue weighted by molar-refractivity contribution is 7.71. The van der Waals surface area contributed by atoms with E-state index in [1.165, 1.54) is 0 Å². The first-order valence-corrected chi connectivity index (χ1v) is 11.4. The van der Waals surface area contributed by atoms with Crippen LogP contribution in [0.3, 0.4) is 0 Å². The molecule has 2 N–H and O–H groups in total. The van der Waals surface area contributed by atoms with Crippen molar-refractivity contribution >= 4 is 46.3 Å². The number of nitrogens with one attached hydrogen (secondary N) is 2. The average molecular weight is 451 g/mol. The quantitative estimate of drug-likeness (QED) is 0.394. The van der Waals surface area contributed by atoms with Crippen molar-refractivity contribution in [3.05, 3.63) is 63.7 Å². The predicted molar refractivity (Wildman–Crippen MR) is 129 cm³/mol. The van der Waals surface area contributed by atoms with Gasteiger partial charge in [0.1, 0.15) is 0 Å². The molecule has 0 saturated carbocycles. The lowest BCUT2D eigenvalue weighted by molar-refractivity contribution is -0.117. The normalized spacial score (nSPS) is 13.6. The maximum atomic E-state index is 12.6. The molecule has 2 amide bonds. The largest absolute Gasteiger partial charge is 0.332 e. The van der Waals surface area contributed by atoms with E-state index in [4.69, 9.17) is 12.2 Å². The summed E-state index contributed by atoms with van der Waals surface area (Å²) in [6.45, 7) is 1.28. The van der Waals surface area contributed by atoms with Crippen LogP contribution in [0.15, 0.2) is 53.3 Å². The maximum absolute atomic E-state index is 12.6. The number of benzene rings is 2. The number of fused-ring (bicyclic) bond motifs is 1. The van der Waals surface area contributed by atoms with Gasteiger partial charge in [-0.3, -0.25) is 19.0 Å². The van der Waals surface area contributed by atoms with Crippen LogP contribution < -0.4 is 15.8 Å². The SMILES string of the molecule is O=C(CCCCCn1c(=S)[nH]c2ccccc2c1=O)Nc1ccc(N2CCCC2=O)cc1. The Labute approximate surface area is 191 Å².